The van der Waals surface area contributed by atoms with E-state index in [1.165, 1.54) is 5.56 Å². The van der Waals surface area contributed by atoms with Crippen LogP contribution in [0, 0.1) is 12.8 Å². The number of rotatable bonds is 3. The second kappa shape index (κ2) is 6.26. The number of fused-ring (bicyclic) bond motifs is 1. The van der Waals surface area contributed by atoms with Crippen LogP contribution in [0.5, 0.6) is 0 Å². The first-order chi connectivity index (χ1) is 10.7. The fourth-order valence-electron chi connectivity index (χ4n) is 2.75. The largest absolute Gasteiger partial charge is 0.396 e. The maximum atomic E-state index is 5.28. The van der Waals surface area contributed by atoms with E-state index in [4.69, 9.17) is 4.84 Å². The van der Waals surface area contributed by atoms with E-state index in [0.717, 1.165) is 41.1 Å². The van der Waals surface area contributed by atoms with Gasteiger partial charge in [-0.1, -0.05) is 41.9 Å². The van der Waals surface area contributed by atoms with Crippen molar-refractivity contribution in [2.75, 3.05) is 6.61 Å². The summed E-state index contributed by atoms with van der Waals surface area (Å²) < 4.78 is 0. The van der Waals surface area contributed by atoms with Gasteiger partial charge in [0.25, 0.3) is 0 Å². The predicted molar refractivity (Wildman–Crippen MR) is 87.9 cm³/mol. The highest BCUT2D eigenvalue weighted by Gasteiger charge is 2.24. The Balaban J connectivity index is 2.02. The number of oxime groups is 1. The van der Waals surface area contributed by atoms with Gasteiger partial charge in [0.2, 0.25) is 0 Å². The van der Waals surface area contributed by atoms with E-state index in [0.29, 0.717) is 12.5 Å². The van der Waals surface area contributed by atoms with Crippen LogP contribution < -0.4 is 0 Å². The van der Waals surface area contributed by atoms with Gasteiger partial charge < -0.3 is 4.84 Å². The molecule has 0 radical (unpaired) electrons. The van der Waals surface area contributed by atoms with Gasteiger partial charge in [0.15, 0.2) is 0 Å². The Labute approximate surface area is 131 Å². The SMILES string of the molecule is CCO/N=C1\CC(C)Cc2nnc(-c3ccc(C)cc3)cc21. The molecule has 1 heterocycles. The first kappa shape index (κ1) is 14.7. The molecule has 1 atom stereocenters. The van der Waals surface area contributed by atoms with E-state index < -0.39 is 0 Å². The van der Waals surface area contributed by atoms with Gasteiger partial charge in [0.1, 0.15) is 6.61 Å². The molecule has 0 fully saturated rings. The van der Waals surface area contributed by atoms with Crippen molar-refractivity contribution in [1.82, 2.24) is 10.2 Å². The number of aryl methyl sites for hydroxylation is 1. The minimum atomic E-state index is 0.520. The van der Waals surface area contributed by atoms with Gasteiger partial charge in [-0.3, -0.25) is 0 Å². The summed E-state index contributed by atoms with van der Waals surface area (Å²) in [6.45, 7) is 6.81. The second-order valence-corrected chi connectivity index (χ2v) is 5.93. The molecule has 114 valence electrons. The van der Waals surface area contributed by atoms with Crippen LogP contribution in [0.2, 0.25) is 0 Å². The van der Waals surface area contributed by atoms with Crippen molar-refractivity contribution in [1.29, 1.82) is 0 Å². The lowest BCUT2D eigenvalue weighted by Crippen LogP contribution is -2.21. The summed E-state index contributed by atoms with van der Waals surface area (Å²) in [6, 6.07) is 10.4. The molecule has 2 aromatic rings. The highest BCUT2D eigenvalue weighted by atomic mass is 16.6. The van der Waals surface area contributed by atoms with Gasteiger partial charge in [0, 0.05) is 11.1 Å². The predicted octanol–water partition coefficient (Wildman–Crippen LogP) is 3.77. The van der Waals surface area contributed by atoms with Gasteiger partial charge in [-0.2, -0.15) is 10.2 Å². The van der Waals surface area contributed by atoms with Gasteiger partial charge >= 0.3 is 0 Å². The molecule has 0 spiro atoms. The molecule has 22 heavy (non-hydrogen) atoms. The topological polar surface area (TPSA) is 47.4 Å². The summed E-state index contributed by atoms with van der Waals surface area (Å²) >= 11 is 0. The number of hydrogen-bond donors (Lipinski definition) is 0. The van der Waals surface area contributed by atoms with Crippen LogP contribution in [0.1, 0.15) is 37.1 Å². The zero-order valence-electron chi connectivity index (χ0n) is 13.3. The van der Waals surface area contributed by atoms with Crippen molar-refractivity contribution in [3.63, 3.8) is 0 Å². The zero-order chi connectivity index (χ0) is 15.5. The quantitative estimate of drug-likeness (QED) is 0.810. The normalized spacial score (nSPS) is 19.0. The average molecular weight is 295 g/mol. The Morgan fingerprint density at radius 1 is 1.18 bits per heavy atom. The minimum Gasteiger partial charge on any atom is -0.396 e. The Bertz CT molecular complexity index is 692. The Hall–Kier alpha value is -2.23. The third kappa shape index (κ3) is 3.01. The fraction of sp³-hybridized carbons (Fsp3) is 0.389. The van der Waals surface area contributed by atoms with E-state index >= 15 is 0 Å². The van der Waals surface area contributed by atoms with Crippen LogP contribution in [0.25, 0.3) is 11.3 Å². The molecule has 0 saturated carbocycles. The molecule has 0 amide bonds. The van der Waals surface area contributed by atoms with Gasteiger partial charge in [-0.25, -0.2) is 0 Å². The van der Waals surface area contributed by atoms with Crippen molar-refractivity contribution >= 4 is 5.71 Å². The maximum Gasteiger partial charge on any atom is 0.114 e. The van der Waals surface area contributed by atoms with Crippen LogP contribution in [-0.4, -0.2) is 22.5 Å². The monoisotopic (exact) mass is 295 g/mol. The van der Waals surface area contributed by atoms with E-state index in [1.807, 2.05) is 6.92 Å². The van der Waals surface area contributed by atoms with E-state index in [9.17, 15) is 0 Å². The molecule has 0 bridgehead atoms. The molecule has 0 saturated heterocycles. The first-order valence-electron chi connectivity index (χ1n) is 7.80. The first-order valence-corrected chi connectivity index (χ1v) is 7.80. The standard InChI is InChI=1S/C18H21N3O/c1-4-22-21-18-10-13(3)9-17-15(18)11-16(19-20-17)14-7-5-12(2)6-8-14/h5-8,11,13H,4,9-10H2,1-3H3/b21-18+. The van der Waals surface area contributed by atoms with Crippen molar-refractivity contribution in [2.24, 2.45) is 11.1 Å². The maximum absolute atomic E-state index is 5.28. The lowest BCUT2D eigenvalue weighted by Gasteiger charge is -2.21. The molecular weight excluding hydrogens is 274 g/mol. The second-order valence-electron chi connectivity index (χ2n) is 5.93. The third-order valence-electron chi connectivity index (χ3n) is 3.92. The molecule has 3 rings (SSSR count). The summed E-state index contributed by atoms with van der Waals surface area (Å²) in [7, 11) is 0. The van der Waals surface area contributed by atoms with Crippen LogP contribution in [0.15, 0.2) is 35.5 Å². The van der Waals surface area contributed by atoms with Crippen molar-refractivity contribution in [3.8, 4) is 11.3 Å². The number of aromatic nitrogens is 2. The van der Waals surface area contributed by atoms with Crippen LogP contribution in [0.3, 0.4) is 0 Å². The van der Waals surface area contributed by atoms with Crippen LogP contribution in [-0.2, 0) is 11.3 Å². The molecule has 0 aliphatic heterocycles. The van der Waals surface area contributed by atoms with Crippen molar-refractivity contribution < 1.29 is 4.84 Å². The average Bonchev–Trinajstić information content (AvgIpc) is 2.53. The van der Waals surface area contributed by atoms with Gasteiger partial charge in [0.05, 0.1) is 17.1 Å². The highest BCUT2D eigenvalue weighted by Crippen LogP contribution is 2.27. The van der Waals surface area contributed by atoms with E-state index in [-0.39, 0.29) is 0 Å². The highest BCUT2D eigenvalue weighted by molar-refractivity contribution is 6.02. The van der Waals surface area contributed by atoms with Gasteiger partial charge in [-0.05, 0) is 38.7 Å². The summed E-state index contributed by atoms with van der Waals surface area (Å²) in [5, 5.41) is 13.1. The van der Waals surface area contributed by atoms with Crippen LogP contribution >= 0.6 is 0 Å². The lowest BCUT2D eigenvalue weighted by molar-refractivity contribution is 0.157. The van der Waals surface area contributed by atoms with Crippen molar-refractivity contribution in [2.45, 2.75) is 33.6 Å². The zero-order valence-corrected chi connectivity index (χ0v) is 13.3. The summed E-state index contributed by atoms with van der Waals surface area (Å²) in [5.74, 6) is 0.520. The number of hydrogen-bond acceptors (Lipinski definition) is 4. The Morgan fingerprint density at radius 3 is 2.68 bits per heavy atom. The third-order valence-corrected chi connectivity index (χ3v) is 3.92. The van der Waals surface area contributed by atoms with Crippen molar-refractivity contribution in [3.05, 3.63) is 47.2 Å². The molecule has 1 unspecified atom stereocenters. The smallest absolute Gasteiger partial charge is 0.114 e. The lowest BCUT2D eigenvalue weighted by atomic mass is 9.86. The molecule has 1 aliphatic rings. The van der Waals surface area contributed by atoms with E-state index in [2.05, 4.69) is 59.5 Å². The Kier molecular flexibility index (Phi) is 4.18. The summed E-state index contributed by atoms with van der Waals surface area (Å²) in [4.78, 5) is 5.28. The fourth-order valence-corrected chi connectivity index (χ4v) is 2.75. The minimum absolute atomic E-state index is 0.520. The molecular formula is C18H21N3O. The summed E-state index contributed by atoms with van der Waals surface area (Å²) in [6.07, 6.45) is 1.87. The molecule has 1 aromatic heterocycles. The number of benzene rings is 1. The summed E-state index contributed by atoms with van der Waals surface area (Å²) in [5.41, 5.74) is 6.29. The molecule has 0 N–H and O–H groups in total. The van der Waals surface area contributed by atoms with E-state index in [1.54, 1.807) is 0 Å². The molecule has 4 nitrogen and oxygen atoms in total. The van der Waals surface area contributed by atoms with Gasteiger partial charge in [-0.15, -0.1) is 0 Å². The molecule has 4 heteroatoms. The molecule has 1 aliphatic carbocycles. The number of nitrogens with zero attached hydrogens (tertiary/aromatic N) is 3. The molecule has 1 aromatic carbocycles. The van der Waals surface area contributed by atoms with Crippen LogP contribution in [0.4, 0.5) is 0 Å². The Morgan fingerprint density at radius 2 is 1.95 bits per heavy atom.